The van der Waals surface area contributed by atoms with Crippen molar-refractivity contribution in [3.63, 3.8) is 0 Å². The molecule has 0 fully saturated rings. The van der Waals surface area contributed by atoms with Crippen molar-refractivity contribution < 1.29 is 14.3 Å². The number of nitrogens with one attached hydrogen (secondary N) is 2. The summed E-state index contributed by atoms with van der Waals surface area (Å²) in [6, 6.07) is 12.0. The second kappa shape index (κ2) is 9.39. The molecule has 7 heteroatoms. The summed E-state index contributed by atoms with van der Waals surface area (Å²) in [7, 11) is 3.23. The Balaban J connectivity index is 1.94. The van der Waals surface area contributed by atoms with E-state index >= 15 is 0 Å². The average Bonchev–Trinajstić information content (AvgIpc) is 2.63. The van der Waals surface area contributed by atoms with Crippen LogP contribution in [0.15, 0.2) is 42.5 Å². The summed E-state index contributed by atoms with van der Waals surface area (Å²) in [6.07, 6.45) is 0. The van der Waals surface area contributed by atoms with E-state index in [1.165, 1.54) is 7.11 Å². The van der Waals surface area contributed by atoms with Gasteiger partial charge in [0, 0.05) is 10.7 Å². The number of carbonyl (C=O) groups is 2. The number of anilines is 2. The Morgan fingerprint density at radius 1 is 1.15 bits per heavy atom. The summed E-state index contributed by atoms with van der Waals surface area (Å²) in [5.74, 6) is 0.0576. The molecule has 2 amide bonds. The molecule has 0 bridgehead atoms. The van der Waals surface area contributed by atoms with Crippen LogP contribution in [-0.2, 0) is 9.59 Å². The number of rotatable bonds is 7. The lowest BCUT2D eigenvalue weighted by Gasteiger charge is -2.23. The molecule has 0 saturated carbocycles. The maximum atomic E-state index is 12.5. The van der Waals surface area contributed by atoms with Gasteiger partial charge < -0.3 is 15.4 Å². The highest BCUT2D eigenvalue weighted by Gasteiger charge is 2.21. The van der Waals surface area contributed by atoms with E-state index in [0.29, 0.717) is 16.5 Å². The lowest BCUT2D eigenvalue weighted by atomic mass is 10.2. The highest BCUT2D eigenvalue weighted by Crippen LogP contribution is 2.27. The van der Waals surface area contributed by atoms with E-state index in [0.717, 1.165) is 11.3 Å². The van der Waals surface area contributed by atoms with E-state index in [4.69, 9.17) is 16.3 Å². The number of benzene rings is 2. The molecular formula is C20H24ClN3O3. The molecule has 144 valence electrons. The molecule has 0 spiro atoms. The second-order valence-electron chi connectivity index (χ2n) is 6.34. The normalized spacial score (nSPS) is 11.8. The fourth-order valence-electron chi connectivity index (χ4n) is 2.42. The third-order valence-electron chi connectivity index (χ3n) is 4.19. The summed E-state index contributed by atoms with van der Waals surface area (Å²) in [4.78, 5) is 26.4. The number of hydrogen-bond acceptors (Lipinski definition) is 4. The van der Waals surface area contributed by atoms with E-state index in [-0.39, 0.29) is 18.4 Å². The first-order chi connectivity index (χ1) is 12.8. The molecule has 0 unspecified atom stereocenters. The molecule has 0 aliphatic heterocycles. The van der Waals surface area contributed by atoms with Crippen LogP contribution < -0.4 is 15.4 Å². The Kier molecular flexibility index (Phi) is 7.21. The van der Waals surface area contributed by atoms with E-state index in [1.807, 2.05) is 31.2 Å². The summed E-state index contributed by atoms with van der Waals surface area (Å²) in [5, 5.41) is 6.10. The Bertz CT molecular complexity index is 809. The van der Waals surface area contributed by atoms with Crippen molar-refractivity contribution >= 4 is 34.8 Å². The highest BCUT2D eigenvalue weighted by atomic mass is 35.5. The zero-order valence-corrected chi connectivity index (χ0v) is 16.6. The van der Waals surface area contributed by atoms with Crippen molar-refractivity contribution in [2.24, 2.45) is 0 Å². The molecule has 0 aliphatic carbocycles. The molecule has 0 saturated heterocycles. The minimum absolute atomic E-state index is 0.0785. The fourth-order valence-corrected chi connectivity index (χ4v) is 2.59. The highest BCUT2D eigenvalue weighted by molar-refractivity contribution is 6.31. The van der Waals surface area contributed by atoms with Gasteiger partial charge in [0.2, 0.25) is 11.8 Å². The monoisotopic (exact) mass is 389 g/mol. The maximum Gasteiger partial charge on any atom is 0.241 e. The van der Waals surface area contributed by atoms with Gasteiger partial charge in [-0.15, -0.1) is 0 Å². The van der Waals surface area contributed by atoms with Crippen LogP contribution in [0.2, 0.25) is 5.02 Å². The first kappa shape index (κ1) is 20.7. The van der Waals surface area contributed by atoms with Crippen molar-refractivity contribution in [2.75, 3.05) is 31.3 Å². The Morgan fingerprint density at radius 2 is 1.81 bits per heavy atom. The molecule has 2 rings (SSSR count). The van der Waals surface area contributed by atoms with Gasteiger partial charge in [0.05, 0.1) is 25.4 Å². The van der Waals surface area contributed by atoms with Crippen molar-refractivity contribution in [1.82, 2.24) is 4.90 Å². The van der Waals surface area contributed by atoms with E-state index < -0.39 is 6.04 Å². The minimum atomic E-state index is -0.530. The summed E-state index contributed by atoms with van der Waals surface area (Å²) in [6.45, 7) is 3.79. The van der Waals surface area contributed by atoms with Crippen LogP contribution in [0, 0.1) is 6.92 Å². The summed E-state index contributed by atoms with van der Waals surface area (Å²) >= 11 is 5.98. The van der Waals surface area contributed by atoms with Crippen LogP contribution >= 0.6 is 11.6 Å². The molecular weight excluding hydrogens is 366 g/mol. The summed E-state index contributed by atoms with van der Waals surface area (Å²) < 4.78 is 5.23. The van der Waals surface area contributed by atoms with Gasteiger partial charge in [-0.3, -0.25) is 14.5 Å². The lowest BCUT2D eigenvalue weighted by molar-refractivity contribution is -0.122. The molecule has 0 heterocycles. The van der Waals surface area contributed by atoms with Crippen LogP contribution in [0.3, 0.4) is 0 Å². The van der Waals surface area contributed by atoms with E-state index in [9.17, 15) is 9.59 Å². The first-order valence-corrected chi connectivity index (χ1v) is 8.89. The number of ether oxygens (including phenoxy) is 1. The quantitative estimate of drug-likeness (QED) is 0.759. The average molecular weight is 390 g/mol. The second-order valence-corrected chi connectivity index (χ2v) is 6.78. The van der Waals surface area contributed by atoms with Gasteiger partial charge in [-0.25, -0.2) is 0 Å². The third-order valence-corrected chi connectivity index (χ3v) is 4.42. The molecule has 0 aliphatic rings. The Hall–Kier alpha value is -2.57. The minimum Gasteiger partial charge on any atom is -0.495 e. The molecule has 27 heavy (non-hydrogen) atoms. The topological polar surface area (TPSA) is 70.7 Å². The van der Waals surface area contributed by atoms with Gasteiger partial charge in [0.25, 0.3) is 0 Å². The van der Waals surface area contributed by atoms with Gasteiger partial charge in [0.15, 0.2) is 0 Å². The SMILES string of the molecule is COc1ccc(Cl)cc1NC(=O)[C@H](C)N(C)CC(=O)Nc1ccc(C)cc1. The molecule has 2 aromatic rings. The Labute approximate surface area is 164 Å². The third kappa shape index (κ3) is 5.98. The van der Waals surface area contributed by atoms with Crippen LogP contribution in [0.5, 0.6) is 5.75 Å². The van der Waals surface area contributed by atoms with Gasteiger partial charge in [0.1, 0.15) is 5.75 Å². The Morgan fingerprint density at radius 3 is 2.44 bits per heavy atom. The molecule has 2 aromatic carbocycles. The van der Waals surface area contributed by atoms with Crippen molar-refractivity contribution in [3.05, 3.63) is 53.1 Å². The van der Waals surface area contributed by atoms with Crippen molar-refractivity contribution in [1.29, 1.82) is 0 Å². The smallest absolute Gasteiger partial charge is 0.241 e. The molecule has 0 aromatic heterocycles. The van der Waals surface area contributed by atoms with Crippen LogP contribution in [0.25, 0.3) is 0 Å². The van der Waals surface area contributed by atoms with Crippen LogP contribution in [0.1, 0.15) is 12.5 Å². The number of methoxy groups -OCH3 is 1. The van der Waals surface area contributed by atoms with Crippen molar-refractivity contribution in [3.8, 4) is 5.75 Å². The van der Waals surface area contributed by atoms with E-state index in [2.05, 4.69) is 10.6 Å². The largest absolute Gasteiger partial charge is 0.495 e. The van der Waals surface area contributed by atoms with Crippen LogP contribution in [0.4, 0.5) is 11.4 Å². The molecule has 1 atom stereocenters. The number of likely N-dealkylation sites (N-methyl/N-ethyl adjacent to an activating group) is 1. The zero-order chi connectivity index (χ0) is 20.0. The zero-order valence-electron chi connectivity index (χ0n) is 15.9. The lowest BCUT2D eigenvalue weighted by Crippen LogP contribution is -2.43. The van der Waals surface area contributed by atoms with Gasteiger partial charge in [-0.1, -0.05) is 29.3 Å². The van der Waals surface area contributed by atoms with Gasteiger partial charge in [-0.05, 0) is 51.2 Å². The molecule has 2 N–H and O–H groups in total. The van der Waals surface area contributed by atoms with E-state index in [1.54, 1.807) is 37.1 Å². The van der Waals surface area contributed by atoms with Gasteiger partial charge in [-0.2, -0.15) is 0 Å². The molecule has 6 nitrogen and oxygen atoms in total. The number of amides is 2. The maximum absolute atomic E-state index is 12.5. The number of carbonyl (C=O) groups excluding carboxylic acids is 2. The first-order valence-electron chi connectivity index (χ1n) is 8.51. The van der Waals surface area contributed by atoms with Gasteiger partial charge >= 0.3 is 0 Å². The predicted molar refractivity (Wildman–Crippen MR) is 109 cm³/mol. The number of nitrogens with zero attached hydrogens (tertiary/aromatic N) is 1. The number of aryl methyl sites for hydroxylation is 1. The number of halogens is 1. The standard InChI is InChI=1S/C20H24ClN3O3/c1-13-5-8-16(9-6-13)22-19(25)12-24(3)14(2)20(26)23-17-11-15(21)7-10-18(17)27-4/h5-11,14H,12H2,1-4H3,(H,22,25)(H,23,26)/t14-/m0/s1. The van der Waals surface area contributed by atoms with Crippen molar-refractivity contribution in [2.45, 2.75) is 19.9 Å². The summed E-state index contributed by atoms with van der Waals surface area (Å²) in [5.41, 5.74) is 2.32. The predicted octanol–water partition coefficient (Wildman–Crippen LogP) is 3.55. The molecule has 0 radical (unpaired) electrons. The van der Waals surface area contributed by atoms with Crippen LogP contribution in [-0.4, -0.2) is 43.5 Å². The number of hydrogen-bond donors (Lipinski definition) is 2. The fraction of sp³-hybridized carbons (Fsp3) is 0.300.